The van der Waals surface area contributed by atoms with Crippen LogP contribution in [0.5, 0.6) is 23.1 Å². The van der Waals surface area contributed by atoms with Crippen molar-refractivity contribution >= 4 is 17.3 Å². The van der Waals surface area contributed by atoms with Crippen molar-refractivity contribution in [3.05, 3.63) is 87.4 Å². The number of nitrogens with one attached hydrogen (secondary N) is 1. The number of hydrogen-bond acceptors (Lipinski definition) is 9. The van der Waals surface area contributed by atoms with Crippen molar-refractivity contribution in [2.75, 3.05) is 13.7 Å². The first-order valence-corrected chi connectivity index (χ1v) is 12.2. The van der Waals surface area contributed by atoms with Crippen molar-refractivity contribution in [2.45, 2.75) is 12.8 Å². The molecule has 0 spiro atoms. The Labute approximate surface area is 216 Å². The van der Waals surface area contributed by atoms with E-state index in [1.54, 1.807) is 42.8 Å². The highest BCUT2D eigenvalue weighted by Crippen LogP contribution is 2.47. The molecule has 2 aromatic heterocycles. The fourth-order valence-electron chi connectivity index (χ4n) is 4.16. The molecule has 0 bridgehead atoms. The topological polar surface area (TPSA) is 132 Å². The van der Waals surface area contributed by atoms with Crippen LogP contribution in [0.3, 0.4) is 0 Å². The van der Waals surface area contributed by atoms with Gasteiger partial charge in [-0.15, -0.1) is 16.4 Å². The number of thiophene rings is 1. The molecular weight excluding hydrogens is 492 g/mol. The molecule has 37 heavy (non-hydrogen) atoms. The van der Waals surface area contributed by atoms with Crippen LogP contribution >= 0.6 is 11.3 Å². The number of aromatic amines is 1. The van der Waals surface area contributed by atoms with Crippen LogP contribution in [-0.2, 0) is 0 Å². The first kappa shape index (κ1) is 24.0. The number of rotatable bonds is 7. The minimum absolute atomic E-state index is 0.0288. The molecule has 1 atom stereocenters. The maximum absolute atomic E-state index is 12.6. The van der Waals surface area contributed by atoms with Crippen molar-refractivity contribution in [3.63, 3.8) is 0 Å². The molecule has 0 aliphatic carbocycles. The molecule has 0 radical (unpaired) electrons. The Hall–Kier alpha value is -4.75. The number of H-pyrrole nitrogens is 1. The molecule has 186 valence electrons. The molecule has 10 heteroatoms. The molecule has 2 aromatic carbocycles. The maximum Gasteiger partial charge on any atom is 0.353 e. The maximum atomic E-state index is 12.6. The summed E-state index contributed by atoms with van der Waals surface area (Å²) in [6, 6.07) is 18.3. The highest BCUT2D eigenvalue weighted by molar-refractivity contribution is 7.12. The van der Waals surface area contributed by atoms with E-state index in [4.69, 9.17) is 24.7 Å². The molecule has 3 heterocycles. The third-order valence-electron chi connectivity index (χ3n) is 5.84. The van der Waals surface area contributed by atoms with E-state index in [0.717, 1.165) is 5.56 Å². The second kappa shape index (κ2) is 10.1. The van der Waals surface area contributed by atoms with Crippen LogP contribution in [0.1, 0.15) is 33.6 Å². The zero-order valence-electron chi connectivity index (χ0n) is 20.0. The minimum atomic E-state index is -0.606. The summed E-state index contributed by atoms with van der Waals surface area (Å²) in [4.78, 5) is 13.0. The predicted octanol–water partition coefficient (Wildman–Crippen LogP) is 4.98. The SMILES string of the molecule is CCOc1cc(C2C(C#N)=C(N)Oc3n[nH]c(-c4ccc(OC)cc4)c32)ccc1OC(=O)c1cccs1. The van der Waals surface area contributed by atoms with Crippen LogP contribution in [0.25, 0.3) is 11.3 Å². The van der Waals surface area contributed by atoms with Gasteiger partial charge in [-0.05, 0) is 60.3 Å². The van der Waals surface area contributed by atoms with Gasteiger partial charge >= 0.3 is 5.97 Å². The summed E-state index contributed by atoms with van der Waals surface area (Å²) in [5.41, 5.74) is 9.21. The molecule has 1 aliphatic rings. The van der Waals surface area contributed by atoms with E-state index in [2.05, 4.69) is 16.3 Å². The summed E-state index contributed by atoms with van der Waals surface area (Å²) in [6.07, 6.45) is 0. The lowest BCUT2D eigenvalue weighted by molar-refractivity contribution is 0.0733. The number of nitrogens with two attached hydrogens (primary N) is 1. The Kier molecular flexibility index (Phi) is 6.53. The second-order valence-electron chi connectivity index (χ2n) is 7.98. The molecule has 0 amide bonds. The van der Waals surface area contributed by atoms with Crippen molar-refractivity contribution in [2.24, 2.45) is 5.73 Å². The lowest BCUT2D eigenvalue weighted by atomic mass is 9.83. The average Bonchev–Trinajstić information content (AvgIpc) is 3.60. The van der Waals surface area contributed by atoms with Crippen LogP contribution in [0.15, 0.2) is 71.4 Å². The number of esters is 1. The number of nitriles is 1. The summed E-state index contributed by atoms with van der Waals surface area (Å²) in [6.45, 7) is 2.18. The number of carbonyl (C=O) groups is 1. The van der Waals surface area contributed by atoms with Gasteiger partial charge in [-0.1, -0.05) is 12.1 Å². The Morgan fingerprint density at radius 3 is 2.70 bits per heavy atom. The minimum Gasteiger partial charge on any atom is -0.497 e. The molecular formula is C27H22N4O5S. The van der Waals surface area contributed by atoms with E-state index >= 15 is 0 Å². The number of hydrogen-bond donors (Lipinski definition) is 2. The third kappa shape index (κ3) is 4.48. The first-order chi connectivity index (χ1) is 18.0. The number of ether oxygens (including phenoxy) is 4. The summed E-state index contributed by atoms with van der Waals surface area (Å²) in [5.74, 6) is 0.511. The number of aromatic nitrogens is 2. The number of benzene rings is 2. The van der Waals surface area contributed by atoms with Crippen molar-refractivity contribution in [1.82, 2.24) is 10.2 Å². The quantitative estimate of drug-likeness (QED) is 0.261. The van der Waals surface area contributed by atoms with Gasteiger partial charge in [0.05, 0.1) is 30.9 Å². The fourth-order valence-corrected chi connectivity index (χ4v) is 4.76. The van der Waals surface area contributed by atoms with Gasteiger partial charge in [0.15, 0.2) is 11.5 Å². The highest BCUT2D eigenvalue weighted by Gasteiger charge is 2.36. The number of nitrogens with zero attached hydrogens (tertiary/aromatic N) is 2. The van der Waals surface area contributed by atoms with Gasteiger partial charge in [-0.25, -0.2) is 4.79 Å². The van der Waals surface area contributed by atoms with E-state index < -0.39 is 11.9 Å². The fraction of sp³-hybridized carbons (Fsp3) is 0.148. The Morgan fingerprint density at radius 2 is 2.03 bits per heavy atom. The number of methoxy groups -OCH3 is 1. The van der Waals surface area contributed by atoms with Crippen molar-refractivity contribution in [3.8, 4) is 40.5 Å². The smallest absolute Gasteiger partial charge is 0.353 e. The van der Waals surface area contributed by atoms with Gasteiger partial charge in [0.25, 0.3) is 0 Å². The van der Waals surface area contributed by atoms with Crippen molar-refractivity contribution in [1.29, 1.82) is 5.26 Å². The van der Waals surface area contributed by atoms with E-state index in [1.807, 2.05) is 31.2 Å². The normalized spacial score (nSPS) is 14.4. The largest absolute Gasteiger partial charge is 0.497 e. The molecule has 9 nitrogen and oxygen atoms in total. The summed E-state index contributed by atoms with van der Waals surface area (Å²) >= 11 is 1.29. The monoisotopic (exact) mass is 514 g/mol. The molecule has 4 aromatic rings. The third-order valence-corrected chi connectivity index (χ3v) is 6.69. The molecule has 1 unspecified atom stereocenters. The van der Waals surface area contributed by atoms with E-state index in [-0.39, 0.29) is 23.1 Å². The van der Waals surface area contributed by atoms with Crippen LogP contribution in [-0.4, -0.2) is 29.9 Å². The molecule has 0 saturated carbocycles. The molecule has 0 saturated heterocycles. The summed E-state index contributed by atoms with van der Waals surface area (Å²) < 4.78 is 22.4. The zero-order chi connectivity index (χ0) is 25.9. The van der Waals surface area contributed by atoms with Crippen LogP contribution in [0, 0.1) is 11.3 Å². The van der Waals surface area contributed by atoms with E-state index in [0.29, 0.717) is 39.8 Å². The summed E-state index contributed by atoms with van der Waals surface area (Å²) in [5, 5.41) is 19.2. The number of allylic oxidation sites excluding steroid dienone is 1. The van der Waals surface area contributed by atoms with Gasteiger partial charge in [-0.2, -0.15) is 5.26 Å². The molecule has 3 N–H and O–H groups in total. The second-order valence-corrected chi connectivity index (χ2v) is 8.92. The van der Waals surface area contributed by atoms with Gasteiger partial charge in [0.1, 0.15) is 22.3 Å². The lowest BCUT2D eigenvalue weighted by Crippen LogP contribution is -2.21. The predicted molar refractivity (Wildman–Crippen MR) is 137 cm³/mol. The van der Waals surface area contributed by atoms with E-state index in [1.165, 1.54) is 11.3 Å². The van der Waals surface area contributed by atoms with E-state index in [9.17, 15) is 10.1 Å². The molecule has 5 rings (SSSR count). The van der Waals surface area contributed by atoms with Crippen LogP contribution < -0.4 is 24.7 Å². The van der Waals surface area contributed by atoms with Gasteiger partial charge in [0.2, 0.25) is 11.8 Å². The average molecular weight is 515 g/mol. The summed E-state index contributed by atoms with van der Waals surface area (Å²) in [7, 11) is 1.60. The Bertz CT molecular complexity index is 1520. The highest BCUT2D eigenvalue weighted by atomic mass is 32.1. The zero-order valence-corrected chi connectivity index (χ0v) is 20.8. The van der Waals surface area contributed by atoms with Gasteiger partial charge < -0.3 is 24.7 Å². The first-order valence-electron chi connectivity index (χ1n) is 11.4. The Morgan fingerprint density at radius 1 is 1.22 bits per heavy atom. The number of carbonyl (C=O) groups excluding carboxylic acids is 1. The van der Waals surface area contributed by atoms with Gasteiger partial charge in [0, 0.05) is 5.56 Å². The number of fused-ring (bicyclic) bond motifs is 1. The Balaban J connectivity index is 1.59. The van der Waals surface area contributed by atoms with Crippen molar-refractivity contribution < 1.29 is 23.7 Å². The molecule has 0 fully saturated rings. The molecule has 1 aliphatic heterocycles. The van der Waals surface area contributed by atoms with Crippen LogP contribution in [0.2, 0.25) is 0 Å². The standard InChI is InChI=1S/C27H22N4O5S/c1-3-34-20-13-16(8-11-19(20)35-27(32)21-5-4-12-37-21)22-18(14-28)25(29)36-26-23(22)24(30-31-26)15-6-9-17(33-2)10-7-15/h4-13,22H,3,29H2,1-2H3,(H,30,31). The van der Waals surface area contributed by atoms with Gasteiger partial charge in [-0.3, -0.25) is 5.10 Å². The van der Waals surface area contributed by atoms with Crippen LogP contribution in [0.4, 0.5) is 0 Å². The lowest BCUT2D eigenvalue weighted by Gasteiger charge is -2.25.